The molecule has 0 bridgehead atoms. The number of hydrogen-bond donors (Lipinski definition) is 2. The first-order valence-electron chi connectivity index (χ1n) is 11.3. The van der Waals surface area contributed by atoms with E-state index in [2.05, 4.69) is 47.6 Å². The van der Waals surface area contributed by atoms with Gasteiger partial charge in [-0.15, -0.1) is 22.7 Å². The molecule has 0 unspecified atom stereocenters. The van der Waals surface area contributed by atoms with E-state index >= 15 is 0 Å². The van der Waals surface area contributed by atoms with Gasteiger partial charge in [-0.1, -0.05) is 27.7 Å². The number of fused-ring (bicyclic) bond motifs is 2. The summed E-state index contributed by atoms with van der Waals surface area (Å²) in [6.45, 7) is 12.1. The van der Waals surface area contributed by atoms with Gasteiger partial charge in [0.05, 0.1) is 10.8 Å². The number of nitrogens with one attached hydrogen (secondary N) is 2. The zero-order valence-corrected chi connectivity index (χ0v) is 30.6. The van der Waals surface area contributed by atoms with Crippen LogP contribution in [-0.2, 0) is 12.8 Å². The number of carbonyl (C=O) groups is 2. The van der Waals surface area contributed by atoms with E-state index in [4.69, 9.17) is 0 Å². The smallest absolute Gasteiger partial charge is 0.542 e. The summed E-state index contributed by atoms with van der Waals surface area (Å²) in [7, 11) is 0. The number of H-pyrrole nitrogens is 2. The first-order valence-corrected chi connectivity index (χ1v) is 12.9. The van der Waals surface area contributed by atoms with Gasteiger partial charge in [0.15, 0.2) is 11.6 Å². The van der Waals surface area contributed by atoms with Crippen LogP contribution in [0.3, 0.4) is 0 Å². The SMILES string of the molecule is Cc1c(CC(C)C)sc2nc(C(=O)[O-])[nH]c(=O)c12.Cc1c(CC(C)C)sc2nc(C(=O)[O-])[nH]c(=O)c12.[K+].[K+]. The molecule has 0 aromatic carbocycles. The zero-order valence-electron chi connectivity index (χ0n) is 22.7. The number of thiophene rings is 2. The predicted octanol–water partition coefficient (Wildman–Crippen LogP) is -4.28. The van der Waals surface area contributed by atoms with Crippen LogP contribution >= 0.6 is 22.7 Å². The third-order valence-electron chi connectivity index (χ3n) is 5.37. The molecule has 0 aliphatic carbocycles. The Hall–Kier alpha value is -0.107. The standard InChI is InChI=1S/2C12H14N2O3S.2K/c2*1-5(2)4-7-6(3)8-10(15)13-9(12(16)17)14-11(8)18-7;;/h2*5H,4H2,1-3H3,(H,16,17)(H,13,14,15);;/q;;2*+1/p-2. The number of carboxylic acid groups (broad SMARTS) is 2. The van der Waals surface area contributed by atoms with Gasteiger partial charge in [0.25, 0.3) is 11.1 Å². The second kappa shape index (κ2) is 15.2. The van der Waals surface area contributed by atoms with Gasteiger partial charge in [-0.2, -0.15) is 0 Å². The van der Waals surface area contributed by atoms with Crippen LogP contribution in [0.4, 0.5) is 0 Å². The van der Waals surface area contributed by atoms with Crippen LogP contribution in [0.1, 0.15) is 69.8 Å². The van der Waals surface area contributed by atoms with Crippen molar-refractivity contribution in [3.8, 4) is 0 Å². The van der Waals surface area contributed by atoms with Gasteiger partial charge in [-0.05, 0) is 49.7 Å². The fraction of sp³-hybridized carbons (Fsp3) is 0.417. The van der Waals surface area contributed by atoms with Crippen LogP contribution in [0.25, 0.3) is 20.4 Å². The second-order valence-corrected chi connectivity index (χ2v) is 11.4. The topological polar surface area (TPSA) is 172 Å². The molecule has 4 rings (SSSR count). The normalized spacial score (nSPS) is 10.7. The molecule has 4 aromatic rings. The number of rotatable bonds is 6. The molecular formula is C24H26K2N4O6S2. The fourth-order valence-electron chi connectivity index (χ4n) is 3.70. The van der Waals surface area contributed by atoms with Gasteiger partial charge in [0.2, 0.25) is 0 Å². The van der Waals surface area contributed by atoms with Crippen LogP contribution in [-0.4, -0.2) is 31.9 Å². The maximum atomic E-state index is 11.8. The average molecular weight is 609 g/mol. The Kier molecular flexibility index (Phi) is 14.4. The number of aromatic nitrogens is 4. The number of nitrogens with zero attached hydrogens (tertiary/aromatic N) is 2. The van der Waals surface area contributed by atoms with Crippen molar-refractivity contribution in [3.05, 3.63) is 53.2 Å². The van der Waals surface area contributed by atoms with Crippen LogP contribution in [0, 0.1) is 25.7 Å². The second-order valence-electron chi connectivity index (χ2n) is 9.26. The van der Waals surface area contributed by atoms with E-state index in [-0.39, 0.29) is 103 Å². The summed E-state index contributed by atoms with van der Waals surface area (Å²) in [5.74, 6) is -2.82. The average Bonchev–Trinajstić information content (AvgIpc) is 3.24. The molecule has 0 fully saturated rings. The third kappa shape index (κ3) is 8.45. The Morgan fingerprint density at radius 3 is 1.32 bits per heavy atom. The molecule has 0 amide bonds. The molecule has 38 heavy (non-hydrogen) atoms. The summed E-state index contributed by atoms with van der Waals surface area (Å²) < 4.78 is 0. The van der Waals surface area contributed by atoms with Crippen molar-refractivity contribution >= 4 is 55.0 Å². The molecule has 0 saturated heterocycles. The first kappa shape index (κ1) is 35.9. The minimum atomic E-state index is -1.47. The largest absolute Gasteiger partial charge is 1.00 e. The molecular weight excluding hydrogens is 583 g/mol. The maximum Gasteiger partial charge on any atom is 1.00 e. The van der Waals surface area contributed by atoms with E-state index in [0.717, 1.165) is 33.7 Å². The van der Waals surface area contributed by atoms with Gasteiger partial charge < -0.3 is 29.8 Å². The number of aromatic amines is 2. The van der Waals surface area contributed by atoms with E-state index in [9.17, 15) is 29.4 Å². The molecule has 4 aromatic heterocycles. The molecule has 2 N–H and O–H groups in total. The van der Waals surface area contributed by atoms with Crippen molar-refractivity contribution in [2.45, 2.75) is 54.4 Å². The number of carboxylic acids is 2. The fourth-order valence-corrected chi connectivity index (χ4v) is 6.48. The van der Waals surface area contributed by atoms with Crippen molar-refractivity contribution in [1.82, 2.24) is 19.9 Å². The molecule has 0 aliphatic rings. The third-order valence-corrected chi connectivity index (χ3v) is 7.79. The van der Waals surface area contributed by atoms with Crippen LogP contribution in [0.5, 0.6) is 0 Å². The molecule has 192 valence electrons. The Morgan fingerprint density at radius 2 is 1.05 bits per heavy atom. The molecule has 0 spiro atoms. The molecule has 4 heterocycles. The first-order chi connectivity index (χ1) is 16.8. The Labute approximate surface area is 311 Å². The molecule has 0 radical (unpaired) electrons. The van der Waals surface area contributed by atoms with Crippen LogP contribution in [0.15, 0.2) is 9.59 Å². The summed E-state index contributed by atoms with van der Waals surface area (Å²) >= 11 is 2.75. The van der Waals surface area contributed by atoms with E-state index in [1.807, 2.05) is 13.8 Å². The summed E-state index contributed by atoms with van der Waals surface area (Å²) in [5, 5.41) is 22.4. The molecule has 10 nitrogen and oxygen atoms in total. The van der Waals surface area contributed by atoms with Crippen LogP contribution in [0.2, 0.25) is 0 Å². The summed E-state index contributed by atoms with van der Waals surface area (Å²) in [6, 6.07) is 0. The number of aromatic carboxylic acids is 2. The molecule has 14 heteroatoms. The van der Waals surface area contributed by atoms with Crippen molar-refractivity contribution < 1.29 is 123 Å². The monoisotopic (exact) mass is 608 g/mol. The maximum absolute atomic E-state index is 11.8. The quantitative estimate of drug-likeness (QED) is 0.207. The Balaban J connectivity index is 0.000000361. The van der Waals surface area contributed by atoms with Gasteiger partial charge in [0.1, 0.15) is 21.6 Å². The van der Waals surface area contributed by atoms with Gasteiger partial charge in [-0.3, -0.25) is 9.59 Å². The van der Waals surface area contributed by atoms with Crippen molar-refractivity contribution in [3.63, 3.8) is 0 Å². The van der Waals surface area contributed by atoms with Gasteiger partial charge in [-0.25, -0.2) is 9.97 Å². The number of aryl methyl sites for hydroxylation is 2. The minimum Gasteiger partial charge on any atom is -0.542 e. The van der Waals surface area contributed by atoms with E-state index < -0.39 is 34.7 Å². The summed E-state index contributed by atoms with van der Waals surface area (Å²) in [4.78, 5) is 60.5. The zero-order chi connectivity index (χ0) is 26.9. The molecule has 0 aliphatic heterocycles. The van der Waals surface area contributed by atoms with Gasteiger partial charge >= 0.3 is 103 Å². The molecule has 0 atom stereocenters. The van der Waals surface area contributed by atoms with E-state index in [0.29, 0.717) is 32.3 Å². The Morgan fingerprint density at radius 1 is 0.737 bits per heavy atom. The van der Waals surface area contributed by atoms with E-state index in [1.54, 1.807) is 0 Å². The van der Waals surface area contributed by atoms with Crippen molar-refractivity contribution in [1.29, 1.82) is 0 Å². The van der Waals surface area contributed by atoms with Gasteiger partial charge in [0, 0.05) is 9.75 Å². The number of hydrogen-bond acceptors (Lipinski definition) is 10. The van der Waals surface area contributed by atoms with Crippen LogP contribution < -0.4 is 124 Å². The summed E-state index contributed by atoms with van der Waals surface area (Å²) in [6.07, 6.45) is 1.71. The summed E-state index contributed by atoms with van der Waals surface area (Å²) in [5.41, 5.74) is 0.954. The predicted molar refractivity (Wildman–Crippen MR) is 136 cm³/mol. The minimum absolute atomic E-state index is 0. The van der Waals surface area contributed by atoms with Crippen molar-refractivity contribution in [2.75, 3.05) is 0 Å². The van der Waals surface area contributed by atoms with E-state index in [1.165, 1.54) is 22.7 Å². The van der Waals surface area contributed by atoms with Crippen molar-refractivity contribution in [2.24, 2.45) is 11.8 Å². The number of carbonyl (C=O) groups excluding carboxylic acids is 2. The molecule has 0 saturated carbocycles. The Bertz CT molecular complexity index is 1470.